The number of aromatic nitrogens is 2. The van der Waals surface area contributed by atoms with Crippen LogP contribution < -0.4 is 5.56 Å². The average molecular weight is 250 g/mol. The standard InChI is InChI=1S/C12H14N2O2S/c1-6(2)9-11(15)13-10(14-12(9)16)8-5-4-7(3)17-8/h4-6H,1-3H3,(H2,13,14,15,16). The SMILES string of the molecule is Cc1ccc(-c2nc(O)c(C(C)C)c(=O)[nH]2)s1. The number of nitrogens with zero attached hydrogens (tertiary/aromatic N) is 1. The molecule has 0 bridgehead atoms. The molecule has 4 nitrogen and oxygen atoms in total. The van der Waals surface area contributed by atoms with E-state index in [0.29, 0.717) is 11.4 Å². The van der Waals surface area contributed by atoms with Gasteiger partial charge in [-0.25, -0.2) is 0 Å². The summed E-state index contributed by atoms with van der Waals surface area (Å²) in [6, 6.07) is 3.83. The maximum absolute atomic E-state index is 11.8. The van der Waals surface area contributed by atoms with Crippen LogP contribution in [0, 0.1) is 6.92 Å². The van der Waals surface area contributed by atoms with E-state index in [2.05, 4.69) is 9.97 Å². The van der Waals surface area contributed by atoms with Crippen LogP contribution in [-0.2, 0) is 0 Å². The highest BCUT2D eigenvalue weighted by atomic mass is 32.1. The molecule has 0 saturated heterocycles. The van der Waals surface area contributed by atoms with Crippen molar-refractivity contribution in [2.75, 3.05) is 0 Å². The maximum atomic E-state index is 11.8. The van der Waals surface area contributed by atoms with Gasteiger partial charge in [-0.05, 0) is 25.0 Å². The minimum Gasteiger partial charge on any atom is -0.493 e. The molecule has 0 saturated carbocycles. The van der Waals surface area contributed by atoms with E-state index in [9.17, 15) is 9.90 Å². The number of nitrogens with one attached hydrogen (secondary N) is 1. The molecule has 17 heavy (non-hydrogen) atoms. The van der Waals surface area contributed by atoms with Crippen LogP contribution in [0.4, 0.5) is 0 Å². The van der Waals surface area contributed by atoms with Gasteiger partial charge in [0, 0.05) is 4.88 Å². The summed E-state index contributed by atoms with van der Waals surface area (Å²) in [5.74, 6) is 0.199. The molecule has 0 spiro atoms. The van der Waals surface area contributed by atoms with E-state index in [1.54, 1.807) is 0 Å². The Labute approximate surface area is 103 Å². The Kier molecular flexibility index (Phi) is 3.02. The van der Waals surface area contributed by atoms with Gasteiger partial charge in [0.15, 0.2) is 5.82 Å². The summed E-state index contributed by atoms with van der Waals surface area (Å²) in [5, 5.41) is 9.78. The van der Waals surface area contributed by atoms with Crippen LogP contribution in [-0.4, -0.2) is 15.1 Å². The molecule has 0 atom stereocenters. The molecule has 90 valence electrons. The molecule has 2 rings (SSSR count). The zero-order chi connectivity index (χ0) is 12.6. The fourth-order valence-electron chi connectivity index (χ4n) is 1.67. The van der Waals surface area contributed by atoms with Crippen LogP contribution in [0.5, 0.6) is 5.88 Å². The van der Waals surface area contributed by atoms with E-state index < -0.39 is 0 Å². The highest BCUT2D eigenvalue weighted by Gasteiger charge is 2.15. The second kappa shape index (κ2) is 4.33. The van der Waals surface area contributed by atoms with E-state index in [-0.39, 0.29) is 17.4 Å². The lowest BCUT2D eigenvalue weighted by Crippen LogP contribution is -2.16. The highest BCUT2D eigenvalue weighted by Crippen LogP contribution is 2.27. The van der Waals surface area contributed by atoms with E-state index >= 15 is 0 Å². The van der Waals surface area contributed by atoms with E-state index in [1.165, 1.54) is 11.3 Å². The van der Waals surface area contributed by atoms with Crippen molar-refractivity contribution in [1.29, 1.82) is 0 Å². The lowest BCUT2D eigenvalue weighted by atomic mass is 10.1. The van der Waals surface area contributed by atoms with Gasteiger partial charge in [0.1, 0.15) is 0 Å². The van der Waals surface area contributed by atoms with Gasteiger partial charge in [-0.3, -0.25) is 4.79 Å². The number of hydrogen-bond acceptors (Lipinski definition) is 4. The van der Waals surface area contributed by atoms with Crippen LogP contribution >= 0.6 is 11.3 Å². The largest absolute Gasteiger partial charge is 0.493 e. The van der Waals surface area contributed by atoms with Crippen LogP contribution in [0.15, 0.2) is 16.9 Å². The third kappa shape index (κ3) is 2.24. The van der Waals surface area contributed by atoms with Gasteiger partial charge in [-0.15, -0.1) is 11.3 Å². The second-order valence-electron chi connectivity index (χ2n) is 4.22. The van der Waals surface area contributed by atoms with Gasteiger partial charge in [0.05, 0.1) is 10.4 Å². The van der Waals surface area contributed by atoms with E-state index in [4.69, 9.17) is 0 Å². The molecule has 0 aliphatic carbocycles. The van der Waals surface area contributed by atoms with E-state index in [1.807, 2.05) is 32.9 Å². The normalized spacial score (nSPS) is 11.1. The smallest absolute Gasteiger partial charge is 0.258 e. The van der Waals surface area contributed by atoms with Crippen molar-refractivity contribution < 1.29 is 5.11 Å². The van der Waals surface area contributed by atoms with Gasteiger partial charge in [0.2, 0.25) is 5.88 Å². The lowest BCUT2D eigenvalue weighted by Gasteiger charge is -2.07. The summed E-state index contributed by atoms with van der Waals surface area (Å²) in [6.07, 6.45) is 0. The van der Waals surface area contributed by atoms with Gasteiger partial charge in [-0.1, -0.05) is 13.8 Å². The summed E-state index contributed by atoms with van der Waals surface area (Å²) in [5.41, 5.74) is 0.0654. The number of hydrogen-bond donors (Lipinski definition) is 2. The third-order valence-electron chi connectivity index (χ3n) is 2.49. The number of rotatable bonds is 2. The van der Waals surface area contributed by atoms with Crippen LogP contribution in [0.1, 0.15) is 30.2 Å². The Hall–Kier alpha value is -1.62. The molecule has 0 aliphatic heterocycles. The summed E-state index contributed by atoms with van der Waals surface area (Å²) in [6.45, 7) is 5.68. The first-order valence-electron chi connectivity index (χ1n) is 5.39. The molecule has 0 aliphatic rings. The second-order valence-corrected chi connectivity index (χ2v) is 5.50. The summed E-state index contributed by atoms with van der Waals surface area (Å²) >= 11 is 1.53. The number of H-pyrrole nitrogens is 1. The molecule has 0 radical (unpaired) electrons. The fourth-order valence-corrected chi connectivity index (χ4v) is 2.48. The lowest BCUT2D eigenvalue weighted by molar-refractivity contribution is 0.440. The Bertz CT molecular complexity index is 599. The molecule has 0 fully saturated rings. The topological polar surface area (TPSA) is 66.0 Å². The Morgan fingerprint density at radius 2 is 2.12 bits per heavy atom. The zero-order valence-electron chi connectivity index (χ0n) is 9.94. The van der Waals surface area contributed by atoms with Crippen molar-refractivity contribution in [1.82, 2.24) is 9.97 Å². The number of thiophene rings is 1. The maximum Gasteiger partial charge on any atom is 0.258 e. The summed E-state index contributed by atoms with van der Waals surface area (Å²) in [4.78, 5) is 20.6. The molecule has 0 amide bonds. The van der Waals surface area contributed by atoms with Crippen LogP contribution in [0.2, 0.25) is 0 Å². The Balaban J connectivity index is 2.57. The molecule has 0 aromatic carbocycles. The van der Waals surface area contributed by atoms with Gasteiger partial charge < -0.3 is 10.1 Å². The molecule has 2 aromatic rings. The molecular formula is C12H14N2O2S. The molecular weight excluding hydrogens is 236 g/mol. The van der Waals surface area contributed by atoms with Gasteiger partial charge in [0.25, 0.3) is 5.56 Å². The first-order valence-corrected chi connectivity index (χ1v) is 6.20. The van der Waals surface area contributed by atoms with Crippen LogP contribution in [0.3, 0.4) is 0 Å². The van der Waals surface area contributed by atoms with Gasteiger partial charge in [-0.2, -0.15) is 4.98 Å². The summed E-state index contributed by atoms with van der Waals surface area (Å²) < 4.78 is 0. The summed E-state index contributed by atoms with van der Waals surface area (Å²) in [7, 11) is 0. The number of aromatic hydroxyl groups is 1. The fraction of sp³-hybridized carbons (Fsp3) is 0.333. The zero-order valence-corrected chi connectivity index (χ0v) is 10.8. The van der Waals surface area contributed by atoms with E-state index in [0.717, 1.165) is 9.75 Å². The van der Waals surface area contributed by atoms with Crippen molar-refractivity contribution in [2.45, 2.75) is 26.7 Å². The predicted octanol–water partition coefficient (Wildman–Crippen LogP) is 2.64. The van der Waals surface area contributed by atoms with Crippen molar-refractivity contribution in [3.8, 4) is 16.6 Å². The molecule has 5 heteroatoms. The first kappa shape index (κ1) is 11.9. The quantitative estimate of drug-likeness (QED) is 0.861. The molecule has 2 aromatic heterocycles. The molecule has 2 heterocycles. The third-order valence-corrected chi connectivity index (χ3v) is 3.49. The first-order chi connectivity index (χ1) is 7.99. The van der Waals surface area contributed by atoms with Crippen molar-refractivity contribution in [2.24, 2.45) is 0 Å². The highest BCUT2D eigenvalue weighted by molar-refractivity contribution is 7.15. The van der Waals surface area contributed by atoms with Gasteiger partial charge >= 0.3 is 0 Å². The Morgan fingerprint density at radius 1 is 1.41 bits per heavy atom. The molecule has 2 N–H and O–H groups in total. The van der Waals surface area contributed by atoms with Crippen molar-refractivity contribution in [3.05, 3.63) is 32.9 Å². The minimum absolute atomic E-state index is 0.0506. The predicted molar refractivity (Wildman–Crippen MR) is 68.7 cm³/mol. The van der Waals surface area contributed by atoms with Crippen LogP contribution in [0.25, 0.3) is 10.7 Å². The monoisotopic (exact) mass is 250 g/mol. The van der Waals surface area contributed by atoms with Crippen molar-refractivity contribution >= 4 is 11.3 Å². The molecule has 0 unspecified atom stereocenters. The van der Waals surface area contributed by atoms with Crippen molar-refractivity contribution in [3.63, 3.8) is 0 Å². The number of aromatic amines is 1. The minimum atomic E-state index is -0.270. The number of aryl methyl sites for hydroxylation is 1. The average Bonchev–Trinajstić information content (AvgIpc) is 2.63. The Morgan fingerprint density at radius 3 is 2.59 bits per heavy atom.